The molecule has 12 heteroatoms. The van der Waals surface area contributed by atoms with Crippen LogP contribution in [0.5, 0.6) is 11.5 Å². The van der Waals surface area contributed by atoms with Crippen molar-refractivity contribution in [3.05, 3.63) is 65.7 Å². The Morgan fingerprint density at radius 3 is 2.55 bits per heavy atom. The largest absolute Gasteiger partial charge is 0.497 e. The molecule has 1 fully saturated rings. The Kier molecular flexibility index (Phi) is 9.52. The number of carbonyl (C=O) groups is 1. The summed E-state index contributed by atoms with van der Waals surface area (Å²) in [4.78, 5) is 23.8. The second-order valence-corrected chi connectivity index (χ2v) is 9.71. The Bertz CT molecular complexity index is 1610. The van der Waals surface area contributed by atoms with Crippen LogP contribution in [0.2, 0.25) is 0 Å². The summed E-state index contributed by atoms with van der Waals surface area (Å²) in [5.41, 5.74) is 1.36. The zero-order valence-corrected chi connectivity index (χ0v) is 23.7. The SMILES string of the molecule is CCC.COc1ccc(CN(C(=O)[C@H]2C[C@H]2F)c2nc(Nc3c(F)cc(C#N)cc3OCF)cc3c2ncn3C)cc1.[HH]. The van der Waals surface area contributed by atoms with Crippen LogP contribution in [0, 0.1) is 23.1 Å². The number of methoxy groups -OCH3 is 1. The average Bonchev–Trinajstić information content (AvgIpc) is 3.61. The number of ether oxygens (including phenoxy) is 2. The summed E-state index contributed by atoms with van der Waals surface area (Å²) >= 11 is 0. The van der Waals surface area contributed by atoms with Crippen LogP contribution < -0.4 is 19.7 Å². The number of aryl methyl sites for hydroxylation is 1. The summed E-state index contributed by atoms with van der Waals surface area (Å²) in [6.45, 7) is 3.06. The summed E-state index contributed by atoms with van der Waals surface area (Å²) in [5.74, 6) is -1.50. The van der Waals surface area contributed by atoms with Gasteiger partial charge in [0.05, 0.1) is 43.0 Å². The maximum atomic E-state index is 15.0. The predicted octanol–water partition coefficient (Wildman–Crippen LogP) is 6.59. The van der Waals surface area contributed by atoms with Crippen LogP contribution in [-0.4, -0.2) is 40.6 Å². The molecule has 1 amide bonds. The van der Waals surface area contributed by atoms with Gasteiger partial charge in [-0.2, -0.15) is 5.26 Å². The standard InChI is InChI=1S/C27H23F3N6O3.C3H8.H2/c1-35-14-32-25-21(35)10-23(33-24-20(30)7-16(11-31)8-22(24)39-13-28)34-26(25)36(27(37)18-9-19(18)29)12-15-3-5-17(38-2)6-4-15;1-3-2;/h3-8,10,14,18-19H,9,12-13H2,1-2H3,(H,33,34);3H2,1-2H3;1H/t18-,19+;;/m0../s1. The molecule has 0 saturated heterocycles. The average molecular weight is 583 g/mol. The summed E-state index contributed by atoms with van der Waals surface area (Å²) in [7, 11) is 3.28. The van der Waals surface area contributed by atoms with Crippen molar-refractivity contribution in [3.8, 4) is 17.6 Å². The molecule has 222 valence electrons. The highest BCUT2D eigenvalue weighted by Gasteiger charge is 2.46. The Hall–Kier alpha value is -4.79. The first-order chi connectivity index (χ1) is 20.2. The van der Waals surface area contributed by atoms with Gasteiger partial charge in [0.1, 0.15) is 28.9 Å². The molecule has 42 heavy (non-hydrogen) atoms. The number of benzene rings is 2. The van der Waals surface area contributed by atoms with Gasteiger partial charge < -0.3 is 19.4 Å². The molecular formula is C30H33F3N6O3. The number of nitrogens with zero attached hydrogens (tertiary/aromatic N) is 5. The maximum Gasteiger partial charge on any atom is 0.234 e. The van der Waals surface area contributed by atoms with Crippen LogP contribution in [-0.2, 0) is 18.4 Å². The van der Waals surface area contributed by atoms with E-state index in [1.165, 1.54) is 23.7 Å². The van der Waals surface area contributed by atoms with E-state index in [1.807, 2.05) is 0 Å². The Morgan fingerprint density at radius 1 is 1.26 bits per heavy atom. The van der Waals surface area contributed by atoms with Crippen molar-refractivity contribution < 1.29 is 28.9 Å². The molecule has 5 rings (SSSR count). The number of amides is 1. The van der Waals surface area contributed by atoms with Crippen LogP contribution in [0.1, 0.15) is 39.2 Å². The third-order valence-corrected chi connectivity index (χ3v) is 6.39. The molecule has 0 aliphatic heterocycles. The minimum Gasteiger partial charge on any atom is -0.497 e. The summed E-state index contributed by atoms with van der Waals surface area (Å²) in [6, 6.07) is 12.6. The van der Waals surface area contributed by atoms with Gasteiger partial charge in [-0.05, 0) is 30.2 Å². The van der Waals surface area contributed by atoms with Crippen molar-refractivity contribution in [2.24, 2.45) is 13.0 Å². The van der Waals surface area contributed by atoms with Crippen molar-refractivity contribution in [3.63, 3.8) is 0 Å². The van der Waals surface area contributed by atoms with E-state index in [-0.39, 0.29) is 43.0 Å². The van der Waals surface area contributed by atoms with Gasteiger partial charge in [0.15, 0.2) is 17.4 Å². The van der Waals surface area contributed by atoms with Crippen LogP contribution in [0.4, 0.5) is 30.5 Å². The van der Waals surface area contributed by atoms with Crippen molar-refractivity contribution in [2.75, 3.05) is 24.2 Å². The molecule has 1 saturated carbocycles. The molecule has 1 aliphatic rings. The molecule has 0 unspecified atom stereocenters. The molecule has 2 aromatic heterocycles. The lowest BCUT2D eigenvalue weighted by molar-refractivity contribution is -0.120. The van der Waals surface area contributed by atoms with E-state index in [0.29, 0.717) is 16.8 Å². The summed E-state index contributed by atoms with van der Waals surface area (Å²) < 4.78 is 53.8. The molecule has 2 aromatic carbocycles. The van der Waals surface area contributed by atoms with Crippen LogP contribution in [0.25, 0.3) is 11.0 Å². The molecule has 2 atom stereocenters. The third-order valence-electron chi connectivity index (χ3n) is 6.39. The number of halogens is 3. The van der Waals surface area contributed by atoms with E-state index in [2.05, 4.69) is 29.1 Å². The lowest BCUT2D eigenvalue weighted by Gasteiger charge is -2.23. The second kappa shape index (κ2) is 13.2. The number of fused-ring (bicyclic) bond motifs is 1. The highest BCUT2D eigenvalue weighted by molar-refractivity contribution is 6.03. The Morgan fingerprint density at radius 2 is 1.95 bits per heavy atom. The molecule has 9 nitrogen and oxygen atoms in total. The molecule has 2 heterocycles. The van der Waals surface area contributed by atoms with Gasteiger partial charge in [-0.1, -0.05) is 32.4 Å². The first kappa shape index (κ1) is 30.2. The van der Waals surface area contributed by atoms with Gasteiger partial charge in [0, 0.05) is 20.6 Å². The molecule has 0 radical (unpaired) electrons. The number of nitriles is 1. The van der Waals surface area contributed by atoms with Crippen LogP contribution in [0.15, 0.2) is 48.8 Å². The molecule has 0 spiro atoms. The normalized spacial score (nSPS) is 15.3. The quantitative estimate of drug-likeness (QED) is 0.237. The zero-order chi connectivity index (χ0) is 30.4. The number of hydrogen-bond acceptors (Lipinski definition) is 7. The number of nitrogens with one attached hydrogen (secondary N) is 1. The number of hydrogen-bond donors (Lipinski definition) is 1. The van der Waals surface area contributed by atoms with Gasteiger partial charge in [-0.3, -0.25) is 9.69 Å². The number of rotatable bonds is 9. The third kappa shape index (κ3) is 6.57. The monoisotopic (exact) mass is 582 g/mol. The highest BCUT2D eigenvalue weighted by atomic mass is 19.1. The van der Waals surface area contributed by atoms with Crippen LogP contribution >= 0.6 is 0 Å². The number of imidazole rings is 1. The fourth-order valence-corrected chi connectivity index (χ4v) is 4.22. The number of aromatic nitrogens is 3. The Labute approximate surface area is 243 Å². The minimum atomic E-state index is -1.25. The van der Waals surface area contributed by atoms with Gasteiger partial charge in [0.2, 0.25) is 12.8 Å². The smallest absolute Gasteiger partial charge is 0.234 e. The van der Waals surface area contributed by atoms with Crippen LogP contribution in [0.3, 0.4) is 0 Å². The number of alkyl halides is 2. The first-order valence-corrected chi connectivity index (χ1v) is 13.3. The number of carbonyl (C=O) groups excluding carboxylic acids is 1. The first-order valence-electron chi connectivity index (χ1n) is 13.3. The lowest BCUT2D eigenvalue weighted by atomic mass is 10.1. The highest BCUT2D eigenvalue weighted by Crippen LogP contribution is 2.39. The zero-order valence-electron chi connectivity index (χ0n) is 23.7. The van der Waals surface area contributed by atoms with Gasteiger partial charge in [-0.25, -0.2) is 23.1 Å². The van der Waals surface area contributed by atoms with E-state index in [9.17, 15) is 18.0 Å². The predicted molar refractivity (Wildman–Crippen MR) is 155 cm³/mol. The molecule has 4 aromatic rings. The van der Waals surface area contributed by atoms with Gasteiger partial charge in [-0.15, -0.1) is 0 Å². The van der Waals surface area contributed by atoms with Crippen molar-refractivity contribution >= 4 is 34.3 Å². The molecular weight excluding hydrogens is 549 g/mol. The van der Waals surface area contributed by atoms with E-state index in [4.69, 9.17) is 14.7 Å². The van der Waals surface area contributed by atoms with Gasteiger partial charge >= 0.3 is 0 Å². The van der Waals surface area contributed by atoms with Crippen molar-refractivity contribution in [1.82, 2.24) is 14.5 Å². The topological polar surface area (TPSA) is 105 Å². The van der Waals surface area contributed by atoms with E-state index < -0.39 is 30.7 Å². The fourth-order valence-electron chi connectivity index (χ4n) is 4.22. The van der Waals surface area contributed by atoms with E-state index >= 15 is 0 Å². The maximum absolute atomic E-state index is 15.0. The van der Waals surface area contributed by atoms with Gasteiger partial charge in [0.25, 0.3) is 0 Å². The molecule has 0 bridgehead atoms. The van der Waals surface area contributed by atoms with Crippen molar-refractivity contribution in [1.29, 1.82) is 5.26 Å². The summed E-state index contributed by atoms with van der Waals surface area (Å²) in [5, 5.41) is 11.9. The second-order valence-electron chi connectivity index (χ2n) is 9.71. The molecule has 1 N–H and O–H groups in total. The summed E-state index contributed by atoms with van der Waals surface area (Å²) in [6.07, 6.45) is 1.65. The fraction of sp³-hybridized carbons (Fsp3) is 0.333. The molecule has 1 aliphatic carbocycles. The Balaban J connectivity index is 0.00000121. The number of pyridine rings is 1. The number of anilines is 3. The minimum absolute atomic E-state index is 0. The van der Waals surface area contributed by atoms with Crippen molar-refractivity contribution in [2.45, 2.75) is 39.4 Å². The lowest BCUT2D eigenvalue weighted by Crippen LogP contribution is -2.33. The van der Waals surface area contributed by atoms with E-state index in [0.717, 1.165) is 11.6 Å². The van der Waals surface area contributed by atoms with E-state index in [1.54, 1.807) is 55.1 Å².